The highest BCUT2D eigenvalue weighted by molar-refractivity contribution is 6.17. The number of anilines is 1. The van der Waals surface area contributed by atoms with Crippen LogP contribution < -0.4 is 5.73 Å². The molecule has 0 amide bonds. The Morgan fingerprint density at radius 2 is 2.38 bits per heavy atom. The molecule has 0 saturated heterocycles. The molecule has 0 saturated carbocycles. The van der Waals surface area contributed by atoms with Crippen LogP contribution in [0.5, 0.6) is 0 Å². The van der Waals surface area contributed by atoms with Gasteiger partial charge in [-0.15, -0.1) is 11.6 Å². The van der Waals surface area contributed by atoms with Crippen LogP contribution in [0.25, 0.3) is 6.08 Å². The molecular formula is C10H13ClN2. The number of hydrogen-bond acceptors (Lipinski definition) is 2. The predicted octanol–water partition coefficient (Wildman–Crippen LogP) is 2.61. The fraction of sp³-hybridized carbons (Fsp3) is 0.300. The zero-order valence-corrected chi connectivity index (χ0v) is 8.38. The zero-order valence-electron chi connectivity index (χ0n) is 7.63. The minimum Gasteiger partial charge on any atom is -0.397 e. The lowest BCUT2D eigenvalue weighted by Crippen LogP contribution is -1.95. The SMILES string of the molecule is Cc1ccnc(C=CCCCl)c1N. The number of hydrogen-bond donors (Lipinski definition) is 1. The van der Waals surface area contributed by atoms with Crippen molar-refractivity contribution in [1.29, 1.82) is 0 Å². The van der Waals surface area contributed by atoms with Gasteiger partial charge in [0.15, 0.2) is 0 Å². The number of alkyl halides is 1. The molecule has 0 aliphatic heterocycles. The second-order valence-corrected chi connectivity index (χ2v) is 3.18. The predicted molar refractivity (Wildman–Crippen MR) is 57.8 cm³/mol. The molecule has 2 N–H and O–H groups in total. The molecule has 0 unspecified atom stereocenters. The molecule has 0 aliphatic carbocycles. The molecule has 1 aromatic heterocycles. The zero-order chi connectivity index (χ0) is 9.68. The van der Waals surface area contributed by atoms with Crippen LogP contribution in [0.1, 0.15) is 17.7 Å². The van der Waals surface area contributed by atoms with Gasteiger partial charge in [-0.25, -0.2) is 0 Å². The van der Waals surface area contributed by atoms with E-state index in [2.05, 4.69) is 4.98 Å². The van der Waals surface area contributed by atoms with Crippen molar-refractivity contribution in [2.24, 2.45) is 0 Å². The van der Waals surface area contributed by atoms with Gasteiger partial charge in [-0.1, -0.05) is 6.08 Å². The number of pyridine rings is 1. The topological polar surface area (TPSA) is 38.9 Å². The molecule has 70 valence electrons. The van der Waals surface area contributed by atoms with Gasteiger partial charge in [0, 0.05) is 12.1 Å². The highest BCUT2D eigenvalue weighted by Gasteiger charge is 1.97. The first-order valence-electron chi connectivity index (χ1n) is 4.19. The Kier molecular flexibility index (Phi) is 3.77. The van der Waals surface area contributed by atoms with E-state index in [4.69, 9.17) is 17.3 Å². The van der Waals surface area contributed by atoms with Crippen LogP contribution in [0.4, 0.5) is 5.69 Å². The number of aromatic nitrogens is 1. The molecule has 0 atom stereocenters. The fourth-order valence-electron chi connectivity index (χ4n) is 0.981. The number of rotatable bonds is 3. The lowest BCUT2D eigenvalue weighted by Gasteiger charge is -2.01. The van der Waals surface area contributed by atoms with Gasteiger partial charge in [0.25, 0.3) is 0 Å². The van der Waals surface area contributed by atoms with E-state index >= 15 is 0 Å². The molecule has 3 heteroatoms. The summed E-state index contributed by atoms with van der Waals surface area (Å²) in [4.78, 5) is 4.16. The second kappa shape index (κ2) is 4.87. The third-order valence-corrected chi connectivity index (χ3v) is 2.01. The van der Waals surface area contributed by atoms with Crippen molar-refractivity contribution in [3.8, 4) is 0 Å². The average Bonchev–Trinajstić information content (AvgIpc) is 2.13. The number of nitrogens with zero attached hydrogens (tertiary/aromatic N) is 1. The van der Waals surface area contributed by atoms with Gasteiger partial charge in [0.05, 0.1) is 11.4 Å². The molecule has 0 radical (unpaired) electrons. The van der Waals surface area contributed by atoms with Crippen molar-refractivity contribution in [3.05, 3.63) is 29.6 Å². The largest absolute Gasteiger partial charge is 0.397 e. The standard InChI is InChI=1S/C10H13ClN2/c1-8-5-7-13-9(10(8)12)4-2-3-6-11/h2,4-5,7H,3,6,12H2,1H3. The first-order chi connectivity index (χ1) is 6.25. The van der Waals surface area contributed by atoms with E-state index < -0.39 is 0 Å². The van der Waals surface area contributed by atoms with E-state index in [9.17, 15) is 0 Å². The minimum absolute atomic E-state index is 0.627. The van der Waals surface area contributed by atoms with Crippen LogP contribution in [0.2, 0.25) is 0 Å². The summed E-state index contributed by atoms with van der Waals surface area (Å²) in [6, 6.07) is 1.90. The summed E-state index contributed by atoms with van der Waals surface area (Å²) >= 11 is 5.54. The quantitative estimate of drug-likeness (QED) is 0.755. The summed E-state index contributed by atoms with van der Waals surface area (Å²) in [5, 5.41) is 0. The molecule has 0 spiro atoms. The molecule has 1 rings (SSSR count). The van der Waals surface area contributed by atoms with E-state index in [1.807, 2.05) is 25.1 Å². The smallest absolute Gasteiger partial charge is 0.0858 e. The van der Waals surface area contributed by atoms with Crippen molar-refractivity contribution >= 4 is 23.4 Å². The van der Waals surface area contributed by atoms with Gasteiger partial charge in [0.2, 0.25) is 0 Å². The van der Waals surface area contributed by atoms with Crippen LogP contribution in [-0.4, -0.2) is 10.9 Å². The molecule has 1 heterocycles. The van der Waals surface area contributed by atoms with Crippen molar-refractivity contribution in [2.45, 2.75) is 13.3 Å². The van der Waals surface area contributed by atoms with Crippen molar-refractivity contribution in [1.82, 2.24) is 4.98 Å². The van der Waals surface area contributed by atoms with E-state index in [0.29, 0.717) is 5.88 Å². The number of halogens is 1. The van der Waals surface area contributed by atoms with Gasteiger partial charge in [-0.3, -0.25) is 4.98 Å². The summed E-state index contributed by atoms with van der Waals surface area (Å²) in [5.41, 5.74) is 8.44. The van der Waals surface area contributed by atoms with Crippen LogP contribution in [0.3, 0.4) is 0 Å². The maximum atomic E-state index is 5.82. The fourth-order valence-corrected chi connectivity index (χ4v) is 1.11. The second-order valence-electron chi connectivity index (χ2n) is 2.81. The van der Waals surface area contributed by atoms with Crippen molar-refractivity contribution in [3.63, 3.8) is 0 Å². The average molecular weight is 197 g/mol. The Balaban J connectivity index is 2.83. The maximum Gasteiger partial charge on any atom is 0.0858 e. The van der Waals surface area contributed by atoms with Gasteiger partial charge >= 0.3 is 0 Å². The van der Waals surface area contributed by atoms with Crippen LogP contribution >= 0.6 is 11.6 Å². The highest BCUT2D eigenvalue weighted by Crippen LogP contribution is 2.14. The third kappa shape index (κ3) is 2.74. The summed E-state index contributed by atoms with van der Waals surface area (Å²) in [7, 11) is 0. The Morgan fingerprint density at radius 1 is 1.62 bits per heavy atom. The third-order valence-electron chi connectivity index (χ3n) is 1.79. The highest BCUT2D eigenvalue weighted by atomic mass is 35.5. The Hall–Kier alpha value is -1.02. The summed E-state index contributed by atoms with van der Waals surface area (Å²) in [6.07, 6.45) is 6.48. The molecule has 13 heavy (non-hydrogen) atoms. The molecule has 0 bridgehead atoms. The van der Waals surface area contributed by atoms with Gasteiger partial charge in [-0.05, 0) is 31.1 Å². The van der Waals surface area contributed by atoms with Crippen molar-refractivity contribution in [2.75, 3.05) is 11.6 Å². The Labute approximate surface area is 83.4 Å². The lowest BCUT2D eigenvalue weighted by atomic mass is 10.2. The Bertz CT molecular complexity index is 308. The molecule has 2 nitrogen and oxygen atoms in total. The molecule has 1 aromatic rings. The van der Waals surface area contributed by atoms with E-state index in [1.54, 1.807) is 6.20 Å². The van der Waals surface area contributed by atoms with E-state index in [-0.39, 0.29) is 0 Å². The minimum atomic E-state index is 0.627. The number of nitrogens with two attached hydrogens (primary N) is 1. The number of aryl methyl sites for hydroxylation is 1. The van der Waals surface area contributed by atoms with Crippen molar-refractivity contribution < 1.29 is 0 Å². The molecule has 0 fully saturated rings. The molecular weight excluding hydrogens is 184 g/mol. The Morgan fingerprint density at radius 3 is 3.08 bits per heavy atom. The van der Waals surface area contributed by atoms with Crippen LogP contribution in [-0.2, 0) is 0 Å². The normalized spacial score (nSPS) is 10.9. The lowest BCUT2D eigenvalue weighted by molar-refractivity contribution is 1.22. The summed E-state index contributed by atoms with van der Waals surface area (Å²) in [5.74, 6) is 0.627. The maximum absolute atomic E-state index is 5.82. The first kappa shape index (κ1) is 10.1. The first-order valence-corrected chi connectivity index (χ1v) is 4.72. The monoisotopic (exact) mass is 196 g/mol. The van der Waals surface area contributed by atoms with E-state index in [0.717, 1.165) is 23.4 Å². The van der Waals surface area contributed by atoms with Gasteiger partial charge < -0.3 is 5.73 Å². The van der Waals surface area contributed by atoms with Crippen LogP contribution in [0, 0.1) is 6.92 Å². The molecule has 0 aliphatic rings. The van der Waals surface area contributed by atoms with Gasteiger partial charge in [-0.2, -0.15) is 0 Å². The molecule has 0 aromatic carbocycles. The van der Waals surface area contributed by atoms with E-state index in [1.165, 1.54) is 0 Å². The van der Waals surface area contributed by atoms with Crippen LogP contribution in [0.15, 0.2) is 18.3 Å². The summed E-state index contributed by atoms with van der Waals surface area (Å²) in [6.45, 7) is 1.97. The number of nitrogen functional groups attached to an aromatic ring is 1. The number of allylic oxidation sites excluding steroid dienone is 1. The summed E-state index contributed by atoms with van der Waals surface area (Å²) < 4.78 is 0. The van der Waals surface area contributed by atoms with Gasteiger partial charge in [0.1, 0.15) is 0 Å².